The Balaban J connectivity index is 1.38. The van der Waals surface area contributed by atoms with E-state index in [4.69, 9.17) is 9.73 Å². The Hall–Kier alpha value is -1.69. The maximum atomic E-state index is 5.86. The highest BCUT2D eigenvalue weighted by molar-refractivity contribution is 8.14. The molecule has 2 heterocycles. The van der Waals surface area contributed by atoms with Crippen LogP contribution in [0.2, 0.25) is 0 Å². The van der Waals surface area contributed by atoms with Crippen molar-refractivity contribution in [1.29, 1.82) is 0 Å². The van der Waals surface area contributed by atoms with Crippen LogP contribution in [0.5, 0.6) is 0 Å². The Morgan fingerprint density at radius 1 is 1.24 bits per heavy atom. The molecule has 1 aliphatic carbocycles. The van der Waals surface area contributed by atoms with Crippen LogP contribution in [0.4, 0.5) is 11.4 Å². The molecule has 6 heteroatoms. The number of benzene rings is 1. The van der Waals surface area contributed by atoms with Crippen molar-refractivity contribution in [2.45, 2.75) is 51.2 Å². The van der Waals surface area contributed by atoms with Crippen molar-refractivity contribution in [1.82, 2.24) is 0 Å². The molecule has 1 saturated carbocycles. The van der Waals surface area contributed by atoms with E-state index in [1.54, 1.807) is 0 Å². The fraction of sp³-hybridized carbons (Fsp3) is 0.579. The smallest absolute Gasteiger partial charge is 0.289 e. The predicted octanol–water partition coefficient (Wildman–Crippen LogP) is 4.26. The van der Waals surface area contributed by atoms with Crippen LogP contribution >= 0.6 is 11.8 Å². The van der Waals surface area contributed by atoms with Crippen LogP contribution in [0, 0.1) is 0 Å². The molecule has 2 N–H and O–H groups in total. The number of nitrogens with zero attached hydrogens (tertiary/aromatic N) is 2. The van der Waals surface area contributed by atoms with Gasteiger partial charge in [0.2, 0.25) is 0 Å². The van der Waals surface area contributed by atoms with Gasteiger partial charge in [0.05, 0.1) is 17.6 Å². The molecule has 0 bridgehead atoms. The highest BCUT2D eigenvalue weighted by atomic mass is 32.2. The van der Waals surface area contributed by atoms with Gasteiger partial charge in [-0.15, -0.1) is 11.8 Å². The van der Waals surface area contributed by atoms with Crippen molar-refractivity contribution in [2.24, 2.45) is 9.98 Å². The first kappa shape index (κ1) is 16.8. The van der Waals surface area contributed by atoms with Gasteiger partial charge in [-0.05, 0) is 31.0 Å². The molecule has 0 atom stereocenters. The Morgan fingerprint density at radius 3 is 2.92 bits per heavy atom. The second-order valence-corrected chi connectivity index (χ2v) is 8.01. The third-order valence-electron chi connectivity index (χ3n) is 4.93. The fourth-order valence-corrected chi connectivity index (χ4v) is 4.30. The average molecular weight is 359 g/mol. The normalized spacial score (nSPS) is 22.6. The SMILES string of the molecule is c1cc2c(cc1NCC1=NCCS1)COC(=NC1CCCCCC1)N2. The number of ether oxygens (including phenoxy) is 1. The molecule has 5 nitrogen and oxygen atoms in total. The summed E-state index contributed by atoms with van der Waals surface area (Å²) in [5.41, 5.74) is 3.39. The second kappa shape index (κ2) is 8.13. The van der Waals surface area contributed by atoms with Gasteiger partial charge in [-0.25, -0.2) is 4.99 Å². The number of hydrogen-bond acceptors (Lipinski definition) is 5. The van der Waals surface area contributed by atoms with Gasteiger partial charge >= 0.3 is 0 Å². The maximum absolute atomic E-state index is 5.86. The molecule has 1 aromatic rings. The number of hydrogen-bond donors (Lipinski definition) is 2. The molecule has 3 aliphatic rings. The second-order valence-electron chi connectivity index (χ2n) is 6.84. The molecule has 2 aliphatic heterocycles. The fourth-order valence-electron chi connectivity index (χ4n) is 3.53. The van der Waals surface area contributed by atoms with E-state index < -0.39 is 0 Å². The Morgan fingerprint density at radius 2 is 2.12 bits per heavy atom. The van der Waals surface area contributed by atoms with Crippen molar-refractivity contribution in [3.8, 4) is 0 Å². The van der Waals surface area contributed by atoms with E-state index in [1.165, 1.54) is 49.1 Å². The Labute approximate surface area is 153 Å². The van der Waals surface area contributed by atoms with Crippen molar-refractivity contribution >= 4 is 34.2 Å². The van der Waals surface area contributed by atoms with Gasteiger partial charge in [0.15, 0.2) is 0 Å². The first-order valence-electron chi connectivity index (χ1n) is 9.37. The van der Waals surface area contributed by atoms with E-state index in [9.17, 15) is 0 Å². The van der Waals surface area contributed by atoms with E-state index in [2.05, 4.69) is 33.8 Å². The van der Waals surface area contributed by atoms with Crippen molar-refractivity contribution in [3.05, 3.63) is 23.8 Å². The maximum Gasteiger partial charge on any atom is 0.289 e. The molecule has 4 rings (SSSR count). The van der Waals surface area contributed by atoms with Gasteiger partial charge < -0.3 is 15.4 Å². The summed E-state index contributed by atoms with van der Waals surface area (Å²) >= 11 is 1.84. The van der Waals surface area contributed by atoms with Crippen LogP contribution in [0.3, 0.4) is 0 Å². The quantitative estimate of drug-likeness (QED) is 0.790. The highest BCUT2D eigenvalue weighted by Crippen LogP contribution is 2.27. The van der Waals surface area contributed by atoms with E-state index in [0.717, 1.165) is 30.2 Å². The molecule has 134 valence electrons. The van der Waals surface area contributed by atoms with Crippen molar-refractivity contribution in [3.63, 3.8) is 0 Å². The molecule has 1 fully saturated rings. The van der Waals surface area contributed by atoms with Gasteiger partial charge in [-0.2, -0.15) is 0 Å². The molecule has 0 aromatic heterocycles. The average Bonchev–Trinajstić information content (AvgIpc) is 3.03. The summed E-state index contributed by atoms with van der Waals surface area (Å²) in [6.07, 6.45) is 7.64. The Bertz CT molecular complexity index is 665. The number of amidine groups is 1. The number of fused-ring (bicyclic) bond motifs is 1. The molecule has 0 spiro atoms. The zero-order valence-corrected chi connectivity index (χ0v) is 15.4. The minimum absolute atomic E-state index is 0.414. The van der Waals surface area contributed by atoms with Gasteiger partial charge in [-0.3, -0.25) is 4.99 Å². The standard InChI is InChI=1S/C19H26N4OS/c1-2-4-6-15(5-3-1)22-19-23-17-8-7-16(11-14(17)13-24-19)21-12-18-20-9-10-25-18/h7-8,11,15,21H,1-6,9-10,12-13H2,(H,22,23). The van der Waals surface area contributed by atoms with Crippen LogP contribution in [0.1, 0.15) is 44.1 Å². The van der Waals surface area contributed by atoms with Crippen molar-refractivity contribution in [2.75, 3.05) is 29.5 Å². The number of thioether (sulfide) groups is 1. The molecule has 0 saturated heterocycles. The van der Waals surface area contributed by atoms with Crippen molar-refractivity contribution < 1.29 is 4.74 Å². The van der Waals surface area contributed by atoms with Gasteiger partial charge in [0, 0.05) is 29.2 Å². The first-order chi connectivity index (χ1) is 12.4. The lowest BCUT2D eigenvalue weighted by Gasteiger charge is -2.23. The van der Waals surface area contributed by atoms with Gasteiger partial charge in [0.25, 0.3) is 6.02 Å². The minimum atomic E-state index is 0.414. The summed E-state index contributed by atoms with van der Waals surface area (Å²) in [5.74, 6) is 1.11. The van der Waals surface area contributed by atoms with Gasteiger partial charge in [-0.1, -0.05) is 25.7 Å². The van der Waals surface area contributed by atoms with Gasteiger partial charge in [0.1, 0.15) is 6.61 Å². The lowest BCUT2D eigenvalue weighted by molar-refractivity contribution is 0.281. The van der Waals surface area contributed by atoms with Crippen LogP contribution < -0.4 is 10.6 Å². The molecule has 1 aromatic carbocycles. The third-order valence-corrected chi connectivity index (χ3v) is 5.92. The lowest BCUT2D eigenvalue weighted by atomic mass is 10.1. The molecular formula is C19H26N4OS. The molecule has 0 amide bonds. The molecule has 0 radical (unpaired) electrons. The van der Waals surface area contributed by atoms with E-state index in [1.807, 2.05) is 11.8 Å². The van der Waals surface area contributed by atoms with Crippen LogP contribution in [-0.4, -0.2) is 35.9 Å². The summed E-state index contributed by atoms with van der Waals surface area (Å²) < 4.78 is 5.86. The number of nitrogens with one attached hydrogen (secondary N) is 2. The third kappa shape index (κ3) is 4.48. The van der Waals surface area contributed by atoms with Crippen LogP contribution in [0.25, 0.3) is 0 Å². The molecule has 0 unspecified atom stereocenters. The summed E-state index contributed by atoms with van der Waals surface area (Å²) in [4.78, 5) is 9.29. The predicted molar refractivity (Wildman–Crippen MR) is 107 cm³/mol. The zero-order chi connectivity index (χ0) is 16.9. The minimum Gasteiger partial charge on any atom is -0.460 e. The van der Waals surface area contributed by atoms with Crippen LogP contribution in [0.15, 0.2) is 28.2 Å². The number of anilines is 2. The van der Waals surface area contributed by atoms with E-state index in [0.29, 0.717) is 18.7 Å². The highest BCUT2D eigenvalue weighted by Gasteiger charge is 2.18. The largest absolute Gasteiger partial charge is 0.460 e. The lowest BCUT2D eigenvalue weighted by Crippen LogP contribution is -2.24. The molecule has 25 heavy (non-hydrogen) atoms. The zero-order valence-electron chi connectivity index (χ0n) is 14.6. The monoisotopic (exact) mass is 358 g/mol. The summed E-state index contributed by atoms with van der Waals surface area (Å²) in [7, 11) is 0. The van der Waals surface area contributed by atoms with E-state index in [-0.39, 0.29) is 0 Å². The first-order valence-corrected chi connectivity index (χ1v) is 10.4. The number of rotatable bonds is 4. The Kier molecular flexibility index (Phi) is 5.45. The van der Waals surface area contributed by atoms with E-state index >= 15 is 0 Å². The molecular weight excluding hydrogens is 332 g/mol. The number of aliphatic imine (C=N–C) groups is 2. The summed E-state index contributed by atoms with van der Waals surface area (Å²) in [6.45, 7) is 2.35. The summed E-state index contributed by atoms with van der Waals surface area (Å²) in [5, 5.41) is 8.02. The van der Waals surface area contributed by atoms with Crippen LogP contribution in [-0.2, 0) is 11.3 Å². The summed E-state index contributed by atoms with van der Waals surface area (Å²) in [6, 6.07) is 7.49. The topological polar surface area (TPSA) is 58.0 Å².